The summed E-state index contributed by atoms with van der Waals surface area (Å²) in [7, 11) is 2.06. The van der Waals surface area contributed by atoms with E-state index in [2.05, 4.69) is 43.2 Å². The Bertz CT molecular complexity index is 361. The zero-order valence-corrected chi connectivity index (χ0v) is 11.4. The molecule has 0 spiro atoms. The van der Waals surface area contributed by atoms with Gasteiger partial charge in [-0.2, -0.15) is 0 Å². The van der Waals surface area contributed by atoms with E-state index in [-0.39, 0.29) is 0 Å². The normalized spacial score (nSPS) is 28.2. The molecule has 1 aliphatic heterocycles. The van der Waals surface area contributed by atoms with Gasteiger partial charge in [0.2, 0.25) is 0 Å². The predicted molar refractivity (Wildman–Crippen MR) is 70.1 cm³/mol. The van der Waals surface area contributed by atoms with Gasteiger partial charge in [-0.3, -0.25) is 4.90 Å². The van der Waals surface area contributed by atoms with E-state index in [1.165, 1.54) is 12.8 Å². The van der Waals surface area contributed by atoms with Crippen LogP contribution in [-0.2, 0) is 0 Å². The molecule has 1 saturated heterocycles. The van der Waals surface area contributed by atoms with Crippen LogP contribution in [-0.4, -0.2) is 30.6 Å². The molecule has 0 aliphatic carbocycles. The maximum Gasteiger partial charge on any atom is 0.121 e. The van der Waals surface area contributed by atoms with Gasteiger partial charge in [0.15, 0.2) is 0 Å². The first kappa shape index (κ1) is 12.7. The lowest BCUT2D eigenvalue weighted by Gasteiger charge is -2.40. The van der Waals surface area contributed by atoms with E-state index in [0.29, 0.717) is 18.1 Å². The molecule has 0 amide bonds. The summed E-state index contributed by atoms with van der Waals surface area (Å²) >= 11 is 0. The average molecular weight is 236 g/mol. The Morgan fingerprint density at radius 1 is 1.47 bits per heavy atom. The van der Waals surface area contributed by atoms with Crippen molar-refractivity contribution in [2.75, 3.05) is 13.6 Å². The van der Waals surface area contributed by atoms with E-state index in [1.54, 1.807) is 0 Å². The minimum atomic E-state index is 0.386. The highest BCUT2D eigenvalue weighted by atomic mass is 16.3. The van der Waals surface area contributed by atoms with Crippen molar-refractivity contribution in [3.63, 3.8) is 0 Å². The monoisotopic (exact) mass is 236 g/mol. The molecular weight excluding hydrogens is 212 g/mol. The molecule has 1 aromatic heterocycles. The van der Waals surface area contributed by atoms with Crippen molar-refractivity contribution >= 4 is 0 Å². The molecule has 0 aromatic carbocycles. The van der Waals surface area contributed by atoms with Crippen LogP contribution in [0.2, 0.25) is 0 Å². The fourth-order valence-electron chi connectivity index (χ4n) is 2.87. The molecule has 1 N–H and O–H groups in total. The highest BCUT2D eigenvalue weighted by Crippen LogP contribution is 2.29. The van der Waals surface area contributed by atoms with Crippen LogP contribution in [0.3, 0.4) is 0 Å². The molecule has 3 atom stereocenters. The Balaban J connectivity index is 2.03. The Morgan fingerprint density at radius 3 is 2.76 bits per heavy atom. The number of piperidine rings is 1. The van der Waals surface area contributed by atoms with Gasteiger partial charge in [0.25, 0.3) is 0 Å². The number of likely N-dealkylation sites (tertiary alicyclic amines) is 1. The first-order valence-electron chi connectivity index (χ1n) is 6.61. The summed E-state index contributed by atoms with van der Waals surface area (Å²) in [6.45, 7) is 7.71. The Labute approximate surface area is 104 Å². The number of hydrogen-bond donors (Lipinski definition) is 1. The molecule has 0 saturated carbocycles. The van der Waals surface area contributed by atoms with Crippen LogP contribution in [0.25, 0.3) is 0 Å². The molecule has 17 heavy (non-hydrogen) atoms. The molecule has 3 heteroatoms. The fourth-order valence-corrected chi connectivity index (χ4v) is 2.87. The first-order valence-corrected chi connectivity index (χ1v) is 6.61. The smallest absolute Gasteiger partial charge is 0.121 e. The van der Waals surface area contributed by atoms with Gasteiger partial charge in [-0.05, 0) is 52.8 Å². The van der Waals surface area contributed by atoms with Crippen molar-refractivity contribution in [3.8, 4) is 0 Å². The van der Waals surface area contributed by atoms with E-state index in [4.69, 9.17) is 4.42 Å². The molecule has 2 heterocycles. The van der Waals surface area contributed by atoms with Crippen LogP contribution in [0, 0.1) is 6.92 Å². The number of rotatable bonds is 3. The second kappa shape index (κ2) is 5.23. The van der Waals surface area contributed by atoms with Gasteiger partial charge >= 0.3 is 0 Å². The lowest BCUT2D eigenvalue weighted by Crippen LogP contribution is -2.47. The zero-order chi connectivity index (χ0) is 12.4. The Kier molecular flexibility index (Phi) is 3.89. The highest BCUT2D eigenvalue weighted by Gasteiger charge is 2.29. The van der Waals surface area contributed by atoms with Crippen molar-refractivity contribution in [3.05, 3.63) is 23.7 Å². The van der Waals surface area contributed by atoms with Gasteiger partial charge in [-0.1, -0.05) is 0 Å². The number of nitrogens with one attached hydrogen (secondary N) is 1. The average Bonchev–Trinajstić information content (AvgIpc) is 2.75. The first-order chi connectivity index (χ1) is 8.11. The van der Waals surface area contributed by atoms with Crippen molar-refractivity contribution < 1.29 is 4.42 Å². The van der Waals surface area contributed by atoms with Crippen LogP contribution < -0.4 is 5.32 Å². The predicted octanol–water partition coefficient (Wildman–Crippen LogP) is 2.72. The third-order valence-electron chi connectivity index (χ3n) is 4.01. The maximum absolute atomic E-state index is 5.74. The number of furan rings is 1. The molecule has 0 radical (unpaired) electrons. The van der Waals surface area contributed by atoms with Crippen molar-refractivity contribution in [2.45, 2.75) is 51.7 Å². The number of aryl methyl sites for hydroxylation is 1. The summed E-state index contributed by atoms with van der Waals surface area (Å²) in [4.78, 5) is 2.55. The standard InChI is InChI=1S/C14H24N2O/c1-10-9-13(15-4)7-8-16(10)12(3)14-6-5-11(2)17-14/h5-6,10,12-13,15H,7-9H2,1-4H3. The molecule has 3 unspecified atom stereocenters. The topological polar surface area (TPSA) is 28.4 Å². The van der Waals surface area contributed by atoms with Crippen LogP contribution in [0.1, 0.15) is 44.3 Å². The third kappa shape index (κ3) is 2.72. The number of nitrogens with zero attached hydrogens (tertiary/aromatic N) is 1. The van der Waals surface area contributed by atoms with Gasteiger partial charge < -0.3 is 9.73 Å². The molecule has 1 aromatic rings. The van der Waals surface area contributed by atoms with Crippen LogP contribution in [0.15, 0.2) is 16.5 Å². The highest BCUT2D eigenvalue weighted by molar-refractivity contribution is 5.10. The molecular formula is C14H24N2O. The van der Waals surface area contributed by atoms with Crippen molar-refractivity contribution in [1.29, 1.82) is 0 Å². The lowest BCUT2D eigenvalue weighted by atomic mass is 9.96. The van der Waals surface area contributed by atoms with Gasteiger partial charge in [0, 0.05) is 18.6 Å². The second-order valence-corrected chi connectivity index (χ2v) is 5.22. The van der Waals surface area contributed by atoms with Crippen LogP contribution >= 0.6 is 0 Å². The summed E-state index contributed by atoms with van der Waals surface area (Å²) in [5.41, 5.74) is 0. The summed E-state index contributed by atoms with van der Waals surface area (Å²) in [6, 6.07) is 5.83. The fraction of sp³-hybridized carbons (Fsp3) is 0.714. The molecule has 2 rings (SSSR count). The van der Waals surface area contributed by atoms with Crippen LogP contribution in [0.4, 0.5) is 0 Å². The SMILES string of the molecule is CNC1CCN(C(C)c2ccc(C)o2)C(C)C1. The van der Waals surface area contributed by atoms with E-state index < -0.39 is 0 Å². The van der Waals surface area contributed by atoms with Gasteiger partial charge in [-0.25, -0.2) is 0 Å². The largest absolute Gasteiger partial charge is 0.465 e. The minimum Gasteiger partial charge on any atom is -0.465 e. The summed E-state index contributed by atoms with van der Waals surface area (Å²) in [5, 5.41) is 3.39. The van der Waals surface area contributed by atoms with E-state index in [0.717, 1.165) is 18.1 Å². The second-order valence-electron chi connectivity index (χ2n) is 5.22. The maximum atomic E-state index is 5.74. The zero-order valence-electron chi connectivity index (χ0n) is 11.4. The van der Waals surface area contributed by atoms with Crippen molar-refractivity contribution in [2.24, 2.45) is 0 Å². The number of hydrogen-bond acceptors (Lipinski definition) is 3. The van der Waals surface area contributed by atoms with Crippen LogP contribution in [0.5, 0.6) is 0 Å². The van der Waals surface area contributed by atoms with E-state index >= 15 is 0 Å². The molecule has 1 aliphatic rings. The lowest BCUT2D eigenvalue weighted by molar-refractivity contribution is 0.0861. The molecule has 96 valence electrons. The van der Waals surface area contributed by atoms with Crippen molar-refractivity contribution in [1.82, 2.24) is 10.2 Å². The summed E-state index contributed by atoms with van der Waals surface area (Å²) in [5.74, 6) is 2.10. The Morgan fingerprint density at radius 2 is 2.24 bits per heavy atom. The van der Waals surface area contributed by atoms with Gasteiger partial charge in [0.1, 0.15) is 11.5 Å². The summed E-state index contributed by atoms with van der Waals surface area (Å²) < 4.78 is 5.74. The molecule has 3 nitrogen and oxygen atoms in total. The van der Waals surface area contributed by atoms with E-state index in [1.807, 2.05) is 6.92 Å². The summed E-state index contributed by atoms with van der Waals surface area (Å²) in [6.07, 6.45) is 2.45. The van der Waals surface area contributed by atoms with Gasteiger partial charge in [-0.15, -0.1) is 0 Å². The van der Waals surface area contributed by atoms with Gasteiger partial charge in [0.05, 0.1) is 6.04 Å². The Hall–Kier alpha value is -0.800. The molecule has 1 fully saturated rings. The minimum absolute atomic E-state index is 0.386. The van der Waals surface area contributed by atoms with E-state index in [9.17, 15) is 0 Å². The quantitative estimate of drug-likeness (QED) is 0.874. The third-order valence-corrected chi connectivity index (χ3v) is 4.01. The molecule has 0 bridgehead atoms.